The molecular formula is C18H15IO2. The summed E-state index contributed by atoms with van der Waals surface area (Å²) in [7, 11) is 3.39. The van der Waals surface area contributed by atoms with E-state index >= 15 is 0 Å². The van der Waals surface area contributed by atoms with Gasteiger partial charge in [-0.25, -0.2) is 0 Å². The first kappa shape index (κ1) is 14.2. The van der Waals surface area contributed by atoms with Gasteiger partial charge in [0.15, 0.2) is 0 Å². The summed E-state index contributed by atoms with van der Waals surface area (Å²) < 4.78 is 12.2. The van der Waals surface area contributed by atoms with Gasteiger partial charge in [0.1, 0.15) is 11.5 Å². The van der Waals surface area contributed by atoms with Crippen molar-refractivity contribution in [1.29, 1.82) is 0 Å². The summed E-state index contributed by atoms with van der Waals surface area (Å²) >= 11 is 2.37. The van der Waals surface area contributed by atoms with Gasteiger partial charge in [-0.3, -0.25) is 0 Å². The lowest BCUT2D eigenvalue weighted by atomic mass is 10.0. The highest BCUT2D eigenvalue weighted by atomic mass is 127. The lowest BCUT2D eigenvalue weighted by Gasteiger charge is -2.13. The SMILES string of the molecule is COc1ccc(OC)c2cc(-c3ccccc3)c(I)cc12. The maximum Gasteiger partial charge on any atom is 0.126 e. The molecular weight excluding hydrogens is 375 g/mol. The Hall–Kier alpha value is -1.75. The largest absolute Gasteiger partial charge is 0.496 e. The van der Waals surface area contributed by atoms with Crippen molar-refractivity contribution in [2.24, 2.45) is 0 Å². The molecule has 0 radical (unpaired) electrons. The molecule has 0 spiro atoms. The van der Waals surface area contributed by atoms with Gasteiger partial charge in [0.25, 0.3) is 0 Å². The Balaban J connectivity index is 2.32. The molecule has 2 nitrogen and oxygen atoms in total. The quantitative estimate of drug-likeness (QED) is 0.578. The highest BCUT2D eigenvalue weighted by Gasteiger charge is 2.12. The van der Waals surface area contributed by atoms with Gasteiger partial charge >= 0.3 is 0 Å². The predicted octanol–water partition coefficient (Wildman–Crippen LogP) is 5.13. The van der Waals surface area contributed by atoms with E-state index in [0.717, 1.165) is 22.3 Å². The van der Waals surface area contributed by atoms with Crippen LogP contribution < -0.4 is 9.47 Å². The van der Waals surface area contributed by atoms with Crippen molar-refractivity contribution < 1.29 is 9.47 Å². The fourth-order valence-corrected chi connectivity index (χ4v) is 3.29. The van der Waals surface area contributed by atoms with E-state index in [9.17, 15) is 0 Å². The van der Waals surface area contributed by atoms with E-state index < -0.39 is 0 Å². The summed E-state index contributed by atoms with van der Waals surface area (Å²) in [6.07, 6.45) is 0. The van der Waals surface area contributed by atoms with Crippen LogP contribution in [0, 0.1) is 3.57 Å². The first-order valence-corrected chi connectivity index (χ1v) is 7.72. The van der Waals surface area contributed by atoms with Gasteiger partial charge in [0.2, 0.25) is 0 Å². The van der Waals surface area contributed by atoms with Gasteiger partial charge in [-0.05, 0) is 58.0 Å². The maximum absolute atomic E-state index is 5.50. The van der Waals surface area contributed by atoms with Crippen LogP contribution in [-0.2, 0) is 0 Å². The third-order valence-electron chi connectivity index (χ3n) is 3.55. The predicted molar refractivity (Wildman–Crippen MR) is 95.2 cm³/mol. The van der Waals surface area contributed by atoms with E-state index in [1.807, 2.05) is 18.2 Å². The van der Waals surface area contributed by atoms with Crippen molar-refractivity contribution in [3.05, 3.63) is 58.2 Å². The summed E-state index contributed by atoms with van der Waals surface area (Å²) in [5.74, 6) is 1.72. The van der Waals surface area contributed by atoms with Crippen LogP contribution in [0.15, 0.2) is 54.6 Å². The average molecular weight is 390 g/mol. The monoisotopic (exact) mass is 390 g/mol. The Labute approximate surface area is 137 Å². The van der Waals surface area contributed by atoms with Crippen LogP contribution in [-0.4, -0.2) is 14.2 Å². The van der Waals surface area contributed by atoms with Gasteiger partial charge in [-0.15, -0.1) is 0 Å². The molecule has 21 heavy (non-hydrogen) atoms. The third kappa shape index (κ3) is 2.58. The Kier molecular flexibility index (Phi) is 4.01. The second kappa shape index (κ2) is 5.93. The molecule has 0 heterocycles. The molecule has 0 atom stereocenters. The zero-order chi connectivity index (χ0) is 14.8. The number of benzene rings is 3. The first-order chi connectivity index (χ1) is 10.2. The number of halogens is 1. The van der Waals surface area contributed by atoms with Gasteiger partial charge in [-0.1, -0.05) is 30.3 Å². The lowest BCUT2D eigenvalue weighted by Crippen LogP contribution is -1.92. The Morgan fingerprint density at radius 3 is 1.90 bits per heavy atom. The van der Waals surface area contributed by atoms with Crippen LogP contribution in [0.5, 0.6) is 11.5 Å². The molecule has 3 heteroatoms. The molecule has 0 aliphatic carbocycles. The van der Waals surface area contributed by atoms with Gasteiger partial charge < -0.3 is 9.47 Å². The summed E-state index contributed by atoms with van der Waals surface area (Å²) in [6.45, 7) is 0. The third-order valence-corrected chi connectivity index (χ3v) is 4.44. The molecule has 3 aromatic rings. The average Bonchev–Trinajstić information content (AvgIpc) is 2.54. The fraction of sp³-hybridized carbons (Fsp3) is 0.111. The van der Waals surface area contributed by atoms with Crippen LogP contribution in [0.4, 0.5) is 0 Å². The summed E-state index contributed by atoms with van der Waals surface area (Å²) in [6, 6.07) is 18.6. The topological polar surface area (TPSA) is 18.5 Å². The van der Waals surface area contributed by atoms with Crippen LogP contribution in [0.2, 0.25) is 0 Å². The minimum atomic E-state index is 0.861. The normalized spacial score (nSPS) is 10.6. The lowest BCUT2D eigenvalue weighted by molar-refractivity contribution is 0.410. The zero-order valence-corrected chi connectivity index (χ0v) is 14.0. The molecule has 3 rings (SSSR count). The van der Waals surface area contributed by atoms with Crippen LogP contribution in [0.1, 0.15) is 0 Å². The van der Waals surface area contributed by atoms with Crippen LogP contribution in [0.3, 0.4) is 0 Å². The Morgan fingerprint density at radius 2 is 1.33 bits per heavy atom. The van der Waals surface area contributed by atoms with E-state index in [0.29, 0.717) is 0 Å². The Bertz CT molecular complexity index is 782. The van der Waals surface area contributed by atoms with E-state index in [1.54, 1.807) is 14.2 Å². The van der Waals surface area contributed by atoms with E-state index in [1.165, 1.54) is 14.7 Å². The summed E-state index contributed by atoms with van der Waals surface area (Å²) in [4.78, 5) is 0. The standard InChI is InChI=1S/C18H15IO2/c1-20-17-8-9-18(21-2)15-11-16(19)13(10-14(15)17)12-6-4-3-5-7-12/h3-11H,1-2H3. The van der Waals surface area contributed by atoms with Crippen molar-refractivity contribution in [3.63, 3.8) is 0 Å². The number of methoxy groups -OCH3 is 2. The number of hydrogen-bond donors (Lipinski definition) is 0. The molecule has 3 aromatic carbocycles. The van der Waals surface area contributed by atoms with Crippen LogP contribution in [0.25, 0.3) is 21.9 Å². The number of fused-ring (bicyclic) bond motifs is 1. The second-order valence-electron chi connectivity index (χ2n) is 4.71. The van der Waals surface area contributed by atoms with E-state index in [2.05, 4.69) is 59.0 Å². The van der Waals surface area contributed by atoms with Crippen molar-refractivity contribution in [1.82, 2.24) is 0 Å². The van der Waals surface area contributed by atoms with Crippen LogP contribution >= 0.6 is 22.6 Å². The minimum absolute atomic E-state index is 0.861. The van der Waals surface area contributed by atoms with Gasteiger partial charge in [0, 0.05) is 14.3 Å². The number of rotatable bonds is 3. The molecule has 106 valence electrons. The Morgan fingerprint density at radius 1 is 0.762 bits per heavy atom. The second-order valence-corrected chi connectivity index (χ2v) is 5.88. The molecule has 0 fully saturated rings. The molecule has 0 aliphatic rings. The molecule has 0 bridgehead atoms. The molecule has 0 amide bonds. The molecule has 0 aromatic heterocycles. The minimum Gasteiger partial charge on any atom is -0.496 e. The number of ether oxygens (including phenoxy) is 2. The van der Waals surface area contributed by atoms with Crippen molar-refractivity contribution >= 4 is 33.4 Å². The van der Waals surface area contributed by atoms with E-state index in [4.69, 9.17) is 9.47 Å². The zero-order valence-electron chi connectivity index (χ0n) is 11.9. The van der Waals surface area contributed by atoms with Crippen molar-refractivity contribution in [2.45, 2.75) is 0 Å². The number of hydrogen-bond acceptors (Lipinski definition) is 2. The molecule has 0 aliphatic heterocycles. The summed E-state index contributed by atoms with van der Waals surface area (Å²) in [5.41, 5.74) is 2.41. The highest BCUT2D eigenvalue weighted by molar-refractivity contribution is 14.1. The maximum atomic E-state index is 5.50. The molecule has 0 saturated carbocycles. The van der Waals surface area contributed by atoms with Crippen molar-refractivity contribution in [3.8, 4) is 22.6 Å². The fourth-order valence-electron chi connectivity index (χ4n) is 2.51. The van der Waals surface area contributed by atoms with Gasteiger partial charge in [0.05, 0.1) is 14.2 Å². The first-order valence-electron chi connectivity index (χ1n) is 6.64. The summed E-state index contributed by atoms with van der Waals surface area (Å²) in [5, 5.41) is 2.14. The molecule has 0 unspecified atom stereocenters. The van der Waals surface area contributed by atoms with E-state index in [-0.39, 0.29) is 0 Å². The molecule has 0 saturated heterocycles. The molecule has 0 N–H and O–H groups in total. The smallest absolute Gasteiger partial charge is 0.126 e. The highest BCUT2D eigenvalue weighted by Crippen LogP contribution is 2.38. The van der Waals surface area contributed by atoms with Gasteiger partial charge in [-0.2, -0.15) is 0 Å². The van der Waals surface area contributed by atoms with Crippen molar-refractivity contribution in [2.75, 3.05) is 14.2 Å².